The third-order valence-corrected chi connectivity index (χ3v) is 3.43. The number of rotatable bonds is 8. The maximum absolute atomic E-state index is 4.48. The van der Waals surface area contributed by atoms with E-state index in [1.54, 1.807) is 6.33 Å². The maximum atomic E-state index is 4.48. The lowest BCUT2D eigenvalue weighted by atomic mass is 10.1. The highest BCUT2D eigenvalue weighted by Crippen LogP contribution is 2.16. The summed E-state index contributed by atoms with van der Waals surface area (Å²) in [5.41, 5.74) is 0. The average molecular weight is 290 g/mol. The molecule has 0 aromatic carbocycles. The smallest absolute Gasteiger partial charge is 0.138 e. The number of nitrogens with one attached hydrogen (secondary N) is 1. The number of hydrogen-bond acceptors (Lipinski definition) is 4. The van der Waals surface area contributed by atoms with Crippen LogP contribution in [-0.4, -0.2) is 30.9 Å². The fourth-order valence-electron chi connectivity index (χ4n) is 2.41. The number of hydrogen-bond donors (Lipinski definition) is 1. The van der Waals surface area contributed by atoms with Crippen molar-refractivity contribution in [3.63, 3.8) is 0 Å². The summed E-state index contributed by atoms with van der Waals surface area (Å²) in [4.78, 5) is 8.91. The Hall–Kier alpha value is -1.69. The van der Waals surface area contributed by atoms with Crippen molar-refractivity contribution in [1.82, 2.24) is 29.6 Å². The Balaban J connectivity index is 2.15. The normalized spacial score (nSPS) is 13.0. The molecule has 2 aromatic heterocycles. The zero-order valence-corrected chi connectivity index (χ0v) is 13.5. The summed E-state index contributed by atoms with van der Waals surface area (Å²) in [7, 11) is 2.03. The Kier molecular flexibility index (Phi) is 5.50. The minimum Gasteiger partial charge on any atom is -0.337 e. The van der Waals surface area contributed by atoms with E-state index in [-0.39, 0.29) is 6.04 Å². The van der Waals surface area contributed by atoms with E-state index < -0.39 is 0 Å². The lowest BCUT2D eigenvalue weighted by Gasteiger charge is -2.18. The van der Waals surface area contributed by atoms with Crippen molar-refractivity contribution in [2.45, 2.75) is 46.2 Å². The van der Waals surface area contributed by atoms with E-state index in [4.69, 9.17) is 0 Å². The second-order valence-corrected chi connectivity index (χ2v) is 5.86. The van der Waals surface area contributed by atoms with Crippen molar-refractivity contribution in [2.24, 2.45) is 13.0 Å². The summed E-state index contributed by atoms with van der Waals surface area (Å²) in [6.07, 6.45) is 7.37. The van der Waals surface area contributed by atoms with Gasteiger partial charge in [0, 0.05) is 32.4 Å². The molecule has 0 radical (unpaired) electrons. The fraction of sp³-hybridized carbons (Fsp3) is 0.667. The number of aryl methyl sites for hydroxylation is 1. The van der Waals surface area contributed by atoms with Gasteiger partial charge in [-0.2, -0.15) is 5.10 Å². The Morgan fingerprint density at radius 2 is 2.10 bits per heavy atom. The van der Waals surface area contributed by atoms with Gasteiger partial charge in [-0.25, -0.2) is 14.6 Å². The van der Waals surface area contributed by atoms with Crippen LogP contribution in [0.15, 0.2) is 18.7 Å². The highest BCUT2D eigenvalue weighted by atomic mass is 15.3. The first-order valence-electron chi connectivity index (χ1n) is 7.69. The molecule has 0 saturated carbocycles. The lowest BCUT2D eigenvalue weighted by Crippen LogP contribution is -2.28. The number of imidazole rings is 1. The SMILES string of the molecule is CCCNC(Cc1ncnn1CC(C)C)c1nccn1C. The Morgan fingerprint density at radius 1 is 1.29 bits per heavy atom. The molecule has 2 rings (SSSR count). The van der Waals surface area contributed by atoms with E-state index in [2.05, 4.69) is 45.7 Å². The Morgan fingerprint density at radius 3 is 2.71 bits per heavy atom. The van der Waals surface area contributed by atoms with Gasteiger partial charge in [-0.05, 0) is 18.9 Å². The zero-order valence-electron chi connectivity index (χ0n) is 13.5. The van der Waals surface area contributed by atoms with Crippen molar-refractivity contribution in [1.29, 1.82) is 0 Å². The number of nitrogens with zero attached hydrogens (tertiary/aromatic N) is 5. The van der Waals surface area contributed by atoms with Crippen molar-refractivity contribution in [2.75, 3.05) is 6.54 Å². The summed E-state index contributed by atoms with van der Waals surface area (Å²) >= 11 is 0. The molecule has 2 heterocycles. The van der Waals surface area contributed by atoms with E-state index in [9.17, 15) is 0 Å². The molecule has 0 saturated heterocycles. The van der Waals surface area contributed by atoms with Gasteiger partial charge in [0.05, 0.1) is 6.04 Å². The van der Waals surface area contributed by atoms with Crippen LogP contribution in [0.3, 0.4) is 0 Å². The average Bonchev–Trinajstić information content (AvgIpc) is 3.03. The van der Waals surface area contributed by atoms with Gasteiger partial charge in [-0.15, -0.1) is 0 Å². The Bertz CT molecular complexity index is 542. The first-order valence-corrected chi connectivity index (χ1v) is 7.69. The fourth-order valence-corrected chi connectivity index (χ4v) is 2.41. The topological polar surface area (TPSA) is 60.6 Å². The molecule has 116 valence electrons. The lowest BCUT2D eigenvalue weighted by molar-refractivity contribution is 0.433. The first kappa shape index (κ1) is 15.7. The standard InChI is InChI=1S/C15H26N6/c1-5-6-16-13(15-17-7-8-20(15)4)9-14-18-11-19-21(14)10-12(2)3/h7-8,11-13,16H,5-6,9-10H2,1-4H3. The molecule has 0 spiro atoms. The van der Waals surface area contributed by atoms with Crippen LogP contribution < -0.4 is 5.32 Å². The second kappa shape index (κ2) is 7.36. The first-order chi connectivity index (χ1) is 10.1. The summed E-state index contributed by atoms with van der Waals surface area (Å²) < 4.78 is 4.07. The van der Waals surface area contributed by atoms with Crippen molar-refractivity contribution in [3.8, 4) is 0 Å². The molecule has 1 atom stereocenters. The van der Waals surface area contributed by atoms with E-state index in [1.165, 1.54) is 0 Å². The largest absolute Gasteiger partial charge is 0.337 e. The van der Waals surface area contributed by atoms with Crippen LogP contribution in [-0.2, 0) is 20.0 Å². The van der Waals surface area contributed by atoms with Gasteiger partial charge in [0.15, 0.2) is 0 Å². The Labute approximate surface area is 126 Å². The van der Waals surface area contributed by atoms with Crippen LogP contribution in [0, 0.1) is 5.92 Å². The van der Waals surface area contributed by atoms with Crippen LogP contribution in [0.1, 0.15) is 44.9 Å². The molecule has 0 aliphatic carbocycles. The third kappa shape index (κ3) is 4.14. The molecule has 0 amide bonds. The van der Waals surface area contributed by atoms with Gasteiger partial charge >= 0.3 is 0 Å². The van der Waals surface area contributed by atoms with Crippen molar-refractivity contribution >= 4 is 0 Å². The van der Waals surface area contributed by atoms with E-state index in [1.807, 2.05) is 24.1 Å². The van der Waals surface area contributed by atoms with E-state index >= 15 is 0 Å². The van der Waals surface area contributed by atoms with Crippen LogP contribution in [0.4, 0.5) is 0 Å². The summed E-state index contributed by atoms with van der Waals surface area (Å²) in [5, 5.41) is 7.91. The molecule has 0 aliphatic heterocycles. The molecule has 1 unspecified atom stereocenters. The molecule has 0 fully saturated rings. The second-order valence-electron chi connectivity index (χ2n) is 5.86. The molecule has 21 heavy (non-hydrogen) atoms. The molecule has 0 bridgehead atoms. The number of aromatic nitrogens is 5. The molecule has 6 nitrogen and oxygen atoms in total. The quantitative estimate of drug-likeness (QED) is 0.807. The van der Waals surface area contributed by atoms with Gasteiger partial charge in [-0.1, -0.05) is 20.8 Å². The van der Waals surface area contributed by atoms with Crippen molar-refractivity contribution < 1.29 is 0 Å². The van der Waals surface area contributed by atoms with Gasteiger partial charge in [0.25, 0.3) is 0 Å². The predicted octanol–water partition coefficient (Wildman–Crippen LogP) is 1.95. The molecular formula is C15H26N6. The van der Waals surface area contributed by atoms with Crippen molar-refractivity contribution in [3.05, 3.63) is 30.4 Å². The van der Waals surface area contributed by atoms with Gasteiger partial charge in [0.2, 0.25) is 0 Å². The third-order valence-electron chi connectivity index (χ3n) is 3.43. The van der Waals surface area contributed by atoms with Crippen LogP contribution in [0.25, 0.3) is 0 Å². The molecule has 1 N–H and O–H groups in total. The van der Waals surface area contributed by atoms with Crippen LogP contribution in [0.5, 0.6) is 0 Å². The molecule has 2 aromatic rings. The van der Waals surface area contributed by atoms with E-state index in [0.29, 0.717) is 5.92 Å². The highest BCUT2D eigenvalue weighted by molar-refractivity contribution is 5.03. The van der Waals surface area contributed by atoms with Gasteiger partial charge in [-0.3, -0.25) is 0 Å². The summed E-state index contributed by atoms with van der Waals surface area (Å²) in [6.45, 7) is 8.42. The monoisotopic (exact) mass is 290 g/mol. The predicted molar refractivity (Wildman–Crippen MR) is 82.8 cm³/mol. The summed E-state index contributed by atoms with van der Waals surface area (Å²) in [6, 6.07) is 0.167. The molecule has 0 aliphatic rings. The van der Waals surface area contributed by atoms with Gasteiger partial charge in [0.1, 0.15) is 18.0 Å². The minimum atomic E-state index is 0.167. The van der Waals surface area contributed by atoms with Crippen LogP contribution in [0.2, 0.25) is 0 Å². The van der Waals surface area contributed by atoms with Crippen LogP contribution >= 0.6 is 0 Å². The minimum absolute atomic E-state index is 0.167. The highest BCUT2D eigenvalue weighted by Gasteiger charge is 2.19. The molecule has 6 heteroatoms. The zero-order chi connectivity index (χ0) is 15.2. The van der Waals surface area contributed by atoms with E-state index in [0.717, 1.165) is 37.6 Å². The molecular weight excluding hydrogens is 264 g/mol. The summed E-state index contributed by atoms with van der Waals surface area (Å²) in [5.74, 6) is 2.61. The van der Waals surface area contributed by atoms with Gasteiger partial charge < -0.3 is 9.88 Å². The maximum Gasteiger partial charge on any atom is 0.138 e.